The first-order valence-electron chi connectivity index (χ1n) is 5.89. The molecule has 0 radical (unpaired) electrons. The predicted molar refractivity (Wildman–Crippen MR) is 85.8 cm³/mol. The SMILES string of the molecule is C#CC(N=C(N)N(C)C1CC1)c1ccc(F)cc1.I. The third-order valence-electron chi connectivity index (χ3n) is 3.06. The molecule has 19 heavy (non-hydrogen) atoms. The summed E-state index contributed by atoms with van der Waals surface area (Å²) >= 11 is 0. The summed E-state index contributed by atoms with van der Waals surface area (Å²) < 4.78 is 12.8. The summed E-state index contributed by atoms with van der Waals surface area (Å²) in [5.74, 6) is 2.71. The average Bonchev–Trinajstić information content (AvgIpc) is 3.20. The zero-order chi connectivity index (χ0) is 13.1. The van der Waals surface area contributed by atoms with Gasteiger partial charge in [-0.2, -0.15) is 0 Å². The van der Waals surface area contributed by atoms with Crippen LogP contribution in [0.5, 0.6) is 0 Å². The molecule has 0 aliphatic heterocycles. The minimum atomic E-state index is -0.466. The van der Waals surface area contributed by atoms with Gasteiger partial charge in [0.25, 0.3) is 0 Å². The lowest BCUT2D eigenvalue weighted by Crippen LogP contribution is -2.36. The smallest absolute Gasteiger partial charge is 0.192 e. The number of hydrogen-bond donors (Lipinski definition) is 1. The van der Waals surface area contributed by atoms with Crippen LogP contribution in [0.25, 0.3) is 0 Å². The van der Waals surface area contributed by atoms with Gasteiger partial charge in [0.2, 0.25) is 0 Å². The van der Waals surface area contributed by atoms with Crippen molar-refractivity contribution in [3.05, 3.63) is 35.6 Å². The molecule has 1 aromatic rings. The lowest BCUT2D eigenvalue weighted by Gasteiger charge is -2.18. The Balaban J connectivity index is 0.00000180. The van der Waals surface area contributed by atoms with Crippen molar-refractivity contribution in [2.45, 2.75) is 24.9 Å². The molecule has 2 rings (SSSR count). The van der Waals surface area contributed by atoms with E-state index < -0.39 is 6.04 Å². The van der Waals surface area contributed by atoms with E-state index in [9.17, 15) is 4.39 Å². The van der Waals surface area contributed by atoms with Gasteiger partial charge in [0, 0.05) is 13.1 Å². The van der Waals surface area contributed by atoms with Gasteiger partial charge in [-0.15, -0.1) is 30.4 Å². The van der Waals surface area contributed by atoms with Crippen molar-refractivity contribution in [1.29, 1.82) is 0 Å². The van der Waals surface area contributed by atoms with E-state index in [0.717, 1.165) is 18.4 Å². The van der Waals surface area contributed by atoms with Crippen molar-refractivity contribution in [2.75, 3.05) is 7.05 Å². The maximum absolute atomic E-state index is 12.8. The fraction of sp³-hybridized carbons (Fsp3) is 0.357. The summed E-state index contributed by atoms with van der Waals surface area (Å²) in [5, 5.41) is 0. The van der Waals surface area contributed by atoms with Gasteiger partial charge in [-0.1, -0.05) is 18.1 Å². The number of halogens is 2. The summed E-state index contributed by atoms with van der Waals surface area (Å²) in [6.45, 7) is 0. The van der Waals surface area contributed by atoms with Crippen LogP contribution in [0.15, 0.2) is 29.3 Å². The fourth-order valence-corrected chi connectivity index (χ4v) is 1.73. The number of guanidine groups is 1. The molecule has 2 N–H and O–H groups in total. The normalized spacial score (nSPS) is 16.2. The van der Waals surface area contributed by atoms with Gasteiger partial charge in [0.15, 0.2) is 5.96 Å². The molecule has 1 aromatic carbocycles. The number of rotatable bonds is 3. The number of terminal acetylenes is 1. The summed E-state index contributed by atoms with van der Waals surface area (Å²) in [6, 6.07) is 6.03. The zero-order valence-electron chi connectivity index (χ0n) is 10.7. The first-order valence-corrected chi connectivity index (χ1v) is 5.89. The van der Waals surface area contributed by atoms with Crippen LogP contribution in [0.2, 0.25) is 0 Å². The standard InChI is InChI=1S/C14H16FN3.HI/c1-3-13(10-4-6-11(15)7-5-10)17-14(16)18(2)12-8-9-12;/h1,4-7,12-13H,8-9H2,2H3,(H2,16,17);1H. The Labute approximate surface area is 130 Å². The van der Waals surface area contributed by atoms with Gasteiger partial charge in [-0.05, 0) is 30.5 Å². The van der Waals surface area contributed by atoms with Crippen LogP contribution >= 0.6 is 24.0 Å². The largest absolute Gasteiger partial charge is 0.370 e. The van der Waals surface area contributed by atoms with Crippen LogP contribution in [0.1, 0.15) is 24.4 Å². The molecular formula is C14H17FIN3. The highest BCUT2D eigenvalue weighted by Gasteiger charge is 2.27. The van der Waals surface area contributed by atoms with Crippen LogP contribution in [-0.4, -0.2) is 23.9 Å². The van der Waals surface area contributed by atoms with Crippen molar-refractivity contribution in [2.24, 2.45) is 10.7 Å². The Morgan fingerprint density at radius 1 is 1.47 bits per heavy atom. The van der Waals surface area contributed by atoms with Gasteiger partial charge >= 0.3 is 0 Å². The van der Waals surface area contributed by atoms with Gasteiger partial charge < -0.3 is 10.6 Å². The van der Waals surface area contributed by atoms with Crippen molar-refractivity contribution < 1.29 is 4.39 Å². The fourth-order valence-electron chi connectivity index (χ4n) is 1.73. The number of hydrogen-bond acceptors (Lipinski definition) is 1. The van der Waals surface area contributed by atoms with Crippen LogP contribution in [-0.2, 0) is 0 Å². The van der Waals surface area contributed by atoms with E-state index in [1.54, 1.807) is 12.1 Å². The van der Waals surface area contributed by atoms with Crippen LogP contribution in [0, 0.1) is 18.2 Å². The van der Waals surface area contributed by atoms with Gasteiger partial charge in [-0.3, -0.25) is 0 Å². The number of nitrogens with zero attached hydrogens (tertiary/aromatic N) is 2. The van der Waals surface area contributed by atoms with Gasteiger partial charge in [0.1, 0.15) is 11.9 Å². The van der Waals surface area contributed by atoms with E-state index in [0.29, 0.717) is 12.0 Å². The first-order chi connectivity index (χ1) is 8.61. The monoisotopic (exact) mass is 373 g/mol. The third-order valence-corrected chi connectivity index (χ3v) is 3.06. The van der Waals surface area contributed by atoms with Crippen LogP contribution in [0.3, 0.4) is 0 Å². The predicted octanol–water partition coefficient (Wildman–Crippen LogP) is 2.53. The molecule has 1 saturated carbocycles. The Hall–Kier alpha value is -1.29. The molecule has 3 nitrogen and oxygen atoms in total. The Kier molecular flexibility index (Phi) is 5.60. The van der Waals surface area contributed by atoms with E-state index in [1.165, 1.54) is 12.1 Å². The van der Waals surface area contributed by atoms with Crippen molar-refractivity contribution in [3.63, 3.8) is 0 Å². The third kappa shape index (κ3) is 4.10. The molecule has 0 amide bonds. The van der Waals surface area contributed by atoms with E-state index >= 15 is 0 Å². The zero-order valence-corrected chi connectivity index (χ0v) is 13.0. The molecule has 1 aliphatic rings. The van der Waals surface area contributed by atoms with Crippen LogP contribution < -0.4 is 5.73 Å². The molecule has 102 valence electrons. The van der Waals surface area contributed by atoms with E-state index in [1.807, 2.05) is 11.9 Å². The Bertz CT molecular complexity index is 488. The average molecular weight is 373 g/mol. The van der Waals surface area contributed by atoms with Crippen LogP contribution in [0.4, 0.5) is 4.39 Å². The van der Waals surface area contributed by atoms with Crippen molar-refractivity contribution in [1.82, 2.24) is 4.90 Å². The molecule has 0 saturated heterocycles. The van der Waals surface area contributed by atoms with Gasteiger partial charge in [0.05, 0.1) is 0 Å². The summed E-state index contributed by atoms with van der Waals surface area (Å²) in [6.07, 6.45) is 7.74. The molecule has 0 bridgehead atoms. The quantitative estimate of drug-likeness (QED) is 0.383. The lowest BCUT2D eigenvalue weighted by atomic mass is 10.1. The highest BCUT2D eigenvalue weighted by molar-refractivity contribution is 14.0. The molecule has 0 heterocycles. The second-order valence-corrected chi connectivity index (χ2v) is 4.45. The van der Waals surface area contributed by atoms with E-state index in [2.05, 4.69) is 10.9 Å². The number of benzene rings is 1. The Morgan fingerprint density at radius 2 is 2.05 bits per heavy atom. The summed E-state index contributed by atoms with van der Waals surface area (Å²) in [4.78, 5) is 6.26. The highest BCUT2D eigenvalue weighted by atomic mass is 127. The second kappa shape index (κ2) is 6.75. The second-order valence-electron chi connectivity index (χ2n) is 4.45. The molecule has 1 aliphatic carbocycles. The van der Waals surface area contributed by atoms with E-state index in [-0.39, 0.29) is 29.8 Å². The maximum Gasteiger partial charge on any atom is 0.192 e. The summed E-state index contributed by atoms with van der Waals surface area (Å²) in [5.41, 5.74) is 6.68. The number of aliphatic imine (C=N–C) groups is 1. The topological polar surface area (TPSA) is 41.6 Å². The lowest BCUT2D eigenvalue weighted by molar-refractivity contribution is 0.486. The molecular weight excluding hydrogens is 356 g/mol. The molecule has 1 fully saturated rings. The molecule has 1 unspecified atom stereocenters. The maximum atomic E-state index is 12.8. The Morgan fingerprint density at radius 3 is 2.53 bits per heavy atom. The number of nitrogens with two attached hydrogens (primary N) is 1. The van der Waals surface area contributed by atoms with Crippen molar-refractivity contribution in [3.8, 4) is 12.3 Å². The van der Waals surface area contributed by atoms with Gasteiger partial charge in [-0.25, -0.2) is 9.38 Å². The first kappa shape index (κ1) is 15.8. The van der Waals surface area contributed by atoms with Crippen molar-refractivity contribution >= 4 is 29.9 Å². The minimum absolute atomic E-state index is 0. The molecule has 1 atom stereocenters. The molecule has 0 spiro atoms. The highest BCUT2D eigenvalue weighted by Crippen LogP contribution is 2.25. The molecule has 0 aromatic heterocycles. The summed E-state index contributed by atoms with van der Waals surface area (Å²) in [7, 11) is 1.91. The molecule has 5 heteroatoms. The van der Waals surface area contributed by atoms with E-state index in [4.69, 9.17) is 12.2 Å². The minimum Gasteiger partial charge on any atom is -0.370 e.